The van der Waals surface area contributed by atoms with Crippen LogP contribution in [0.3, 0.4) is 0 Å². The Balaban J connectivity index is 1.46. The van der Waals surface area contributed by atoms with Crippen LogP contribution in [0.1, 0.15) is 42.3 Å². The number of thiazole rings is 1. The molecule has 2 aliphatic rings. The van der Waals surface area contributed by atoms with Gasteiger partial charge in [-0.3, -0.25) is 9.69 Å². The maximum absolute atomic E-state index is 14.0. The number of benzene rings is 1. The Morgan fingerprint density at radius 3 is 2.92 bits per heavy atom. The van der Waals surface area contributed by atoms with Gasteiger partial charge in [-0.1, -0.05) is 18.2 Å². The maximum Gasteiger partial charge on any atom is 0.223 e. The molecule has 0 spiro atoms. The smallest absolute Gasteiger partial charge is 0.223 e. The van der Waals surface area contributed by atoms with Crippen LogP contribution in [0.2, 0.25) is 0 Å². The van der Waals surface area contributed by atoms with Gasteiger partial charge in [-0.25, -0.2) is 9.37 Å². The van der Waals surface area contributed by atoms with Gasteiger partial charge in [-0.2, -0.15) is 0 Å². The average Bonchev–Trinajstić information content (AvgIpc) is 3.37. The summed E-state index contributed by atoms with van der Waals surface area (Å²) < 4.78 is 14.0. The van der Waals surface area contributed by atoms with Gasteiger partial charge in [0.2, 0.25) is 5.91 Å². The number of nitrogens with zero attached hydrogens (tertiary/aromatic N) is 2. The number of amides is 1. The summed E-state index contributed by atoms with van der Waals surface area (Å²) in [6.45, 7) is 2.43. The Bertz CT molecular complexity index is 747. The molecular formula is C20H24FN3OS. The van der Waals surface area contributed by atoms with Crippen molar-refractivity contribution in [3.63, 3.8) is 0 Å². The van der Waals surface area contributed by atoms with Crippen LogP contribution >= 0.6 is 11.3 Å². The third-order valence-electron chi connectivity index (χ3n) is 5.33. The molecule has 138 valence electrons. The van der Waals surface area contributed by atoms with Crippen molar-refractivity contribution in [3.8, 4) is 0 Å². The van der Waals surface area contributed by atoms with Gasteiger partial charge < -0.3 is 5.32 Å². The van der Waals surface area contributed by atoms with E-state index < -0.39 is 0 Å². The number of hydrogen-bond donors (Lipinski definition) is 1. The van der Waals surface area contributed by atoms with Gasteiger partial charge in [0.05, 0.1) is 6.04 Å². The van der Waals surface area contributed by atoms with E-state index in [9.17, 15) is 9.18 Å². The van der Waals surface area contributed by atoms with E-state index in [4.69, 9.17) is 0 Å². The Labute approximate surface area is 157 Å². The lowest BCUT2D eigenvalue weighted by Crippen LogP contribution is -2.43. The molecule has 1 aromatic heterocycles. The number of rotatable bonds is 6. The third kappa shape index (κ3) is 4.13. The van der Waals surface area contributed by atoms with Crippen LogP contribution in [0, 0.1) is 17.7 Å². The van der Waals surface area contributed by atoms with Crippen molar-refractivity contribution in [1.82, 2.24) is 15.2 Å². The van der Waals surface area contributed by atoms with Crippen molar-refractivity contribution >= 4 is 17.2 Å². The Hall–Kier alpha value is -1.79. The molecule has 2 aromatic rings. The zero-order chi connectivity index (χ0) is 17.9. The summed E-state index contributed by atoms with van der Waals surface area (Å²) in [4.78, 5) is 19.1. The van der Waals surface area contributed by atoms with Gasteiger partial charge in [0, 0.05) is 36.1 Å². The number of aromatic nitrogens is 1. The lowest BCUT2D eigenvalue weighted by atomic mass is 9.90. The standard InChI is InChI=1S/C20H24FN3OS/c21-17-6-2-1-4-15(17)12-24-10-3-5-16(13-24)18(20-22-9-11-26-20)23-19(25)14-7-8-14/h1-2,4,6,9,11,14,16,18H,3,5,7-8,10,12-13H2,(H,23,25). The first-order valence-electron chi connectivity index (χ1n) is 9.36. The topological polar surface area (TPSA) is 45.2 Å². The number of carbonyl (C=O) groups excluding carboxylic acids is 1. The summed E-state index contributed by atoms with van der Waals surface area (Å²) in [5.74, 6) is 0.518. The fourth-order valence-corrected chi connectivity index (χ4v) is 4.54. The highest BCUT2D eigenvalue weighted by molar-refractivity contribution is 7.09. The molecule has 0 bridgehead atoms. The van der Waals surface area contributed by atoms with Crippen molar-refractivity contribution in [3.05, 3.63) is 52.2 Å². The van der Waals surface area contributed by atoms with Crippen LogP contribution in [0.4, 0.5) is 4.39 Å². The molecule has 26 heavy (non-hydrogen) atoms. The quantitative estimate of drug-likeness (QED) is 0.839. The molecule has 1 saturated heterocycles. The normalized spacial score (nSPS) is 22.1. The molecule has 6 heteroatoms. The van der Waals surface area contributed by atoms with Crippen LogP contribution in [-0.2, 0) is 11.3 Å². The molecule has 2 unspecified atom stereocenters. The molecule has 0 radical (unpaired) electrons. The molecular weight excluding hydrogens is 349 g/mol. The van der Waals surface area contributed by atoms with Crippen molar-refractivity contribution in [2.45, 2.75) is 38.3 Å². The number of piperidine rings is 1. The van der Waals surface area contributed by atoms with Crippen LogP contribution < -0.4 is 5.32 Å². The van der Waals surface area contributed by atoms with Gasteiger partial charge in [-0.15, -0.1) is 11.3 Å². The monoisotopic (exact) mass is 373 g/mol. The van der Waals surface area contributed by atoms with Gasteiger partial charge in [0.25, 0.3) is 0 Å². The minimum Gasteiger partial charge on any atom is -0.346 e. The van der Waals surface area contributed by atoms with Crippen molar-refractivity contribution in [1.29, 1.82) is 0 Å². The maximum atomic E-state index is 14.0. The summed E-state index contributed by atoms with van der Waals surface area (Å²) >= 11 is 1.60. The van der Waals surface area contributed by atoms with Gasteiger partial charge in [0.1, 0.15) is 10.8 Å². The molecule has 1 saturated carbocycles. The van der Waals surface area contributed by atoms with E-state index in [2.05, 4.69) is 15.2 Å². The van der Waals surface area contributed by atoms with Crippen molar-refractivity contribution in [2.24, 2.45) is 11.8 Å². The van der Waals surface area contributed by atoms with E-state index in [-0.39, 0.29) is 23.7 Å². The van der Waals surface area contributed by atoms with E-state index in [0.29, 0.717) is 12.5 Å². The highest BCUT2D eigenvalue weighted by Gasteiger charge is 2.36. The highest BCUT2D eigenvalue weighted by Crippen LogP contribution is 2.34. The molecule has 4 rings (SSSR count). The molecule has 1 aliphatic carbocycles. The number of carbonyl (C=O) groups is 1. The molecule has 1 aromatic carbocycles. The number of hydrogen-bond acceptors (Lipinski definition) is 4. The molecule has 2 heterocycles. The Morgan fingerprint density at radius 1 is 1.35 bits per heavy atom. The summed E-state index contributed by atoms with van der Waals surface area (Å²) in [6.07, 6.45) is 5.92. The van der Waals surface area contributed by atoms with E-state index in [0.717, 1.165) is 49.3 Å². The molecule has 1 N–H and O–H groups in total. The fourth-order valence-electron chi connectivity index (χ4n) is 3.76. The number of likely N-dealkylation sites (tertiary alicyclic amines) is 1. The largest absolute Gasteiger partial charge is 0.346 e. The first kappa shape index (κ1) is 17.6. The number of nitrogens with one attached hydrogen (secondary N) is 1. The molecule has 1 amide bonds. The lowest BCUT2D eigenvalue weighted by molar-refractivity contribution is -0.123. The predicted octanol–water partition coefficient (Wildman–Crippen LogP) is 3.76. The SMILES string of the molecule is O=C(NC(c1nccs1)C1CCCN(Cc2ccccc2F)C1)C1CC1. The summed E-state index contributed by atoms with van der Waals surface area (Å²) in [6, 6.07) is 6.95. The van der Waals surface area contributed by atoms with E-state index in [1.54, 1.807) is 23.6 Å². The fraction of sp³-hybridized carbons (Fsp3) is 0.500. The summed E-state index contributed by atoms with van der Waals surface area (Å²) in [7, 11) is 0. The second-order valence-electron chi connectivity index (χ2n) is 7.36. The van der Waals surface area contributed by atoms with Crippen LogP contribution in [0.15, 0.2) is 35.8 Å². The van der Waals surface area contributed by atoms with Crippen LogP contribution in [-0.4, -0.2) is 28.9 Å². The second-order valence-corrected chi connectivity index (χ2v) is 8.29. The highest BCUT2D eigenvalue weighted by atomic mass is 32.1. The minimum atomic E-state index is -0.145. The van der Waals surface area contributed by atoms with E-state index in [1.807, 2.05) is 17.5 Å². The second kappa shape index (κ2) is 7.84. The van der Waals surface area contributed by atoms with Crippen LogP contribution in [0.25, 0.3) is 0 Å². The first-order chi connectivity index (χ1) is 12.7. The van der Waals surface area contributed by atoms with Gasteiger partial charge in [0.15, 0.2) is 0 Å². The minimum absolute atomic E-state index is 0.0356. The Kier molecular flexibility index (Phi) is 5.31. The summed E-state index contributed by atoms with van der Waals surface area (Å²) in [5, 5.41) is 6.20. The lowest BCUT2D eigenvalue weighted by Gasteiger charge is -2.36. The first-order valence-corrected chi connectivity index (χ1v) is 10.2. The summed E-state index contributed by atoms with van der Waals surface area (Å²) in [5.41, 5.74) is 0.737. The predicted molar refractivity (Wildman–Crippen MR) is 100 cm³/mol. The van der Waals surface area contributed by atoms with Crippen LogP contribution in [0.5, 0.6) is 0 Å². The molecule has 4 nitrogen and oxygen atoms in total. The third-order valence-corrected chi connectivity index (χ3v) is 6.19. The van der Waals surface area contributed by atoms with E-state index in [1.165, 1.54) is 6.07 Å². The van der Waals surface area contributed by atoms with Gasteiger partial charge >= 0.3 is 0 Å². The average molecular weight is 373 g/mol. The zero-order valence-corrected chi connectivity index (χ0v) is 15.6. The molecule has 2 atom stereocenters. The Morgan fingerprint density at radius 2 is 2.19 bits per heavy atom. The van der Waals surface area contributed by atoms with Crippen molar-refractivity contribution < 1.29 is 9.18 Å². The van der Waals surface area contributed by atoms with Gasteiger partial charge in [-0.05, 0) is 44.2 Å². The molecule has 1 aliphatic heterocycles. The van der Waals surface area contributed by atoms with E-state index >= 15 is 0 Å². The number of halogens is 1. The zero-order valence-electron chi connectivity index (χ0n) is 14.7. The molecule has 2 fully saturated rings. The van der Waals surface area contributed by atoms with Crippen molar-refractivity contribution in [2.75, 3.05) is 13.1 Å².